The molecule has 4 aromatic rings. The quantitative estimate of drug-likeness (QED) is 0.144. The van der Waals surface area contributed by atoms with Gasteiger partial charge < -0.3 is 14.6 Å². The number of nitrogens with zero attached hydrogens (tertiary/aromatic N) is 4. The van der Waals surface area contributed by atoms with Gasteiger partial charge in [-0.3, -0.25) is 29.6 Å². The number of nitro groups is 1. The van der Waals surface area contributed by atoms with Gasteiger partial charge >= 0.3 is 5.91 Å². The number of thiazole rings is 1. The van der Waals surface area contributed by atoms with Crippen LogP contribution < -0.4 is 14.4 Å². The fourth-order valence-electron chi connectivity index (χ4n) is 4.20. The average Bonchev–Trinajstić information content (AvgIpc) is 3.59. The van der Waals surface area contributed by atoms with E-state index in [1.54, 1.807) is 30.5 Å². The van der Waals surface area contributed by atoms with Crippen LogP contribution >= 0.6 is 11.3 Å². The molecule has 0 saturated carbocycles. The molecule has 1 saturated heterocycles. The molecule has 12 heteroatoms. The van der Waals surface area contributed by atoms with Crippen molar-refractivity contribution in [1.82, 2.24) is 9.97 Å². The first-order valence-corrected chi connectivity index (χ1v) is 11.4. The summed E-state index contributed by atoms with van der Waals surface area (Å²) >= 11 is 1.03. The lowest BCUT2D eigenvalue weighted by molar-refractivity contribution is -0.384. The second kappa shape index (κ2) is 8.13. The van der Waals surface area contributed by atoms with Gasteiger partial charge in [0, 0.05) is 30.1 Å². The van der Waals surface area contributed by atoms with Crippen LogP contribution in [-0.2, 0) is 9.59 Å². The minimum Gasteiger partial charge on any atom is -0.507 e. The molecule has 0 spiro atoms. The number of pyridine rings is 1. The van der Waals surface area contributed by atoms with Crippen molar-refractivity contribution in [2.75, 3.05) is 11.7 Å². The monoisotopic (exact) mass is 502 g/mol. The number of aromatic nitrogens is 2. The van der Waals surface area contributed by atoms with Gasteiger partial charge in [-0.15, -0.1) is 0 Å². The average molecular weight is 502 g/mol. The second-order valence-electron chi connectivity index (χ2n) is 7.93. The van der Waals surface area contributed by atoms with Crippen LogP contribution in [0.1, 0.15) is 17.2 Å². The highest BCUT2D eigenvalue weighted by Gasteiger charge is 2.48. The number of nitro benzene ring substituents is 1. The molecule has 6 rings (SSSR count). The Morgan fingerprint density at radius 1 is 1.14 bits per heavy atom. The SMILES string of the molecule is O=C1C(=O)N(c2nc3ccc([N+](=O)[O-])cc3s2)C(c2cccnc2)/C1=C(\O)c1ccc2c(c1)OCO2. The van der Waals surface area contributed by atoms with Gasteiger partial charge in [0.05, 0.1) is 26.8 Å². The molecule has 11 nitrogen and oxygen atoms in total. The van der Waals surface area contributed by atoms with Gasteiger partial charge in [0.1, 0.15) is 5.76 Å². The fraction of sp³-hybridized carbons (Fsp3) is 0.0833. The molecule has 1 unspecified atom stereocenters. The van der Waals surface area contributed by atoms with Crippen LogP contribution in [0.3, 0.4) is 0 Å². The van der Waals surface area contributed by atoms with E-state index in [0.717, 1.165) is 11.3 Å². The third kappa shape index (κ3) is 3.34. The number of ketones is 1. The molecule has 0 bridgehead atoms. The molecular weight excluding hydrogens is 488 g/mol. The number of rotatable bonds is 4. The van der Waals surface area contributed by atoms with Crippen LogP contribution in [0.5, 0.6) is 11.5 Å². The molecule has 36 heavy (non-hydrogen) atoms. The molecule has 2 aromatic carbocycles. The molecule has 0 radical (unpaired) electrons. The molecule has 1 N–H and O–H groups in total. The van der Waals surface area contributed by atoms with E-state index in [1.807, 2.05) is 0 Å². The number of aliphatic hydroxyl groups excluding tert-OH is 1. The van der Waals surface area contributed by atoms with Crippen LogP contribution in [0.25, 0.3) is 16.0 Å². The largest absolute Gasteiger partial charge is 0.507 e. The maximum Gasteiger partial charge on any atom is 0.301 e. The second-order valence-corrected chi connectivity index (χ2v) is 8.94. The summed E-state index contributed by atoms with van der Waals surface area (Å²) < 4.78 is 11.2. The maximum atomic E-state index is 13.3. The maximum absolute atomic E-state index is 13.3. The number of carbonyl (C=O) groups excluding carboxylic acids is 2. The van der Waals surface area contributed by atoms with E-state index in [1.165, 1.54) is 35.4 Å². The number of carbonyl (C=O) groups is 2. The summed E-state index contributed by atoms with van der Waals surface area (Å²) in [6.07, 6.45) is 3.04. The topological polar surface area (TPSA) is 145 Å². The van der Waals surface area contributed by atoms with Gasteiger partial charge in [0.2, 0.25) is 6.79 Å². The molecule has 1 atom stereocenters. The van der Waals surface area contributed by atoms with E-state index in [9.17, 15) is 24.8 Å². The molecule has 1 fully saturated rings. The number of amides is 1. The first kappa shape index (κ1) is 21.7. The summed E-state index contributed by atoms with van der Waals surface area (Å²) in [5.41, 5.74) is 0.918. The highest BCUT2D eigenvalue weighted by Crippen LogP contribution is 2.45. The van der Waals surface area contributed by atoms with Crippen molar-refractivity contribution in [2.24, 2.45) is 0 Å². The van der Waals surface area contributed by atoms with Crippen LogP contribution in [-0.4, -0.2) is 38.5 Å². The molecule has 1 amide bonds. The Balaban J connectivity index is 1.53. The molecule has 2 aliphatic heterocycles. The number of hydrogen-bond acceptors (Lipinski definition) is 10. The number of anilines is 1. The third-order valence-corrected chi connectivity index (χ3v) is 6.89. The smallest absolute Gasteiger partial charge is 0.301 e. The van der Waals surface area contributed by atoms with Gasteiger partial charge in [-0.1, -0.05) is 17.4 Å². The highest BCUT2D eigenvalue weighted by molar-refractivity contribution is 7.22. The lowest BCUT2D eigenvalue weighted by Crippen LogP contribution is -2.29. The van der Waals surface area contributed by atoms with Crippen LogP contribution in [0.4, 0.5) is 10.8 Å². The number of non-ortho nitro benzene ring substituents is 1. The minimum absolute atomic E-state index is 0.0371. The van der Waals surface area contributed by atoms with Gasteiger partial charge in [0.15, 0.2) is 16.6 Å². The summed E-state index contributed by atoms with van der Waals surface area (Å²) in [7, 11) is 0. The highest BCUT2D eigenvalue weighted by atomic mass is 32.1. The standard InChI is InChI=1S/C24H14N4O7S/c29-21(12-3-6-16-17(8-12)35-11-34-16)19-20(13-2-1-7-25-10-13)27(23(31)22(19)30)24-26-15-5-4-14(28(32)33)9-18(15)36-24/h1-10,20,29H,11H2/b21-19+. The molecule has 178 valence electrons. The van der Waals surface area contributed by atoms with E-state index >= 15 is 0 Å². The molecule has 4 heterocycles. The minimum atomic E-state index is -1.03. The zero-order valence-electron chi connectivity index (χ0n) is 18.2. The van der Waals surface area contributed by atoms with Crippen molar-refractivity contribution in [3.63, 3.8) is 0 Å². The number of benzene rings is 2. The van der Waals surface area contributed by atoms with E-state index in [-0.39, 0.29) is 34.5 Å². The van der Waals surface area contributed by atoms with Crippen LogP contribution in [0.2, 0.25) is 0 Å². The van der Waals surface area contributed by atoms with E-state index in [4.69, 9.17) is 9.47 Å². The number of hydrogen-bond donors (Lipinski definition) is 1. The molecular formula is C24H14N4O7S. The lowest BCUT2D eigenvalue weighted by atomic mass is 9.96. The normalized spacial score (nSPS) is 18.2. The van der Waals surface area contributed by atoms with E-state index in [0.29, 0.717) is 27.3 Å². The Morgan fingerprint density at radius 2 is 1.97 bits per heavy atom. The molecule has 2 aliphatic rings. The van der Waals surface area contributed by atoms with Crippen molar-refractivity contribution >= 4 is 49.8 Å². The fourth-order valence-corrected chi connectivity index (χ4v) is 5.23. The van der Waals surface area contributed by atoms with Crippen molar-refractivity contribution < 1.29 is 29.1 Å². The Hall–Kier alpha value is -4.84. The first-order valence-electron chi connectivity index (χ1n) is 10.6. The summed E-state index contributed by atoms with van der Waals surface area (Å²) in [6, 6.07) is 11.2. The Kier molecular flexibility index (Phi) is 4.90. The Labute approximate surface area is 206 Å². The summed E-state index contributed by atoms with van der Waals surface area (Å²) in [5.74, 6) is -1.28. The third-order valence-electron chi connectivity index (χ3n) is 5.87. The number of Topliss-reactive ketones (excluding diaryl/α,β-unsaturated/α-hetero) is 1. The van der Waals surface area contributed by atoms with Crippen LogP contribution in [0, 0.1) is 10.1 Å². The molecule has 2 aromatic heterocycles. The van der Waals surface area contributed by atoms with Crippen molar-refractivity contribution in [1.29, 1.82) is 0 Å². The summed E-state index contributed by atoms with van der Waals surface area (Å²) in [4.78, 5) is 47.0. The number of fused-ring (bicyclic) bond motifs is 2. The van der Waals surface area contributed by atoms with Crippen molar-refractivity contribution in [3.05, 3.63) is 87.7 Å². The van der Waals surface area contributed by atoms with Crippen molar-refractivity contribution in [2.45, 2.75) is 6.04 Å². The zero-order chi connectivity index (χ0) is 25.0. The predicted octanol–water partition coefficient (Wildman–Crippen LogP) is 3.95. The number of aliphatic hydroxyl groups is 1. The first-order chi connectivity index (χ1) is 17.4. The summed E-state index contributed by atoms with van der Waals surface area (Å²) in [6.45, 7) is 0.0371. The van der Waals surface area contributed by atoms with Gasteiger partial charge in [-0.2, -0.15) is 0 Å². The zero-order valence-corrected chi connectivity index (χ0v) is 19.0. The van der Waals surface area contributed by atoms with E-state index in [2.05, 4.69) is 9.97 Å². The Bertz CT molecular complexity index is 1620. The van der Waals surface area contributed by atoms with Crippen molar-refractivity contribution in [3.8, 4) is 11.5 Å². The molecule has 0 aliphatic carbocycles. The Morgan fingerprint density at radius 3 is 2.75 bits per heavy atom. The predicted molar refractivity (Wildman–Crippen MR) is 128 cm³/mol. The summed E-state index contributed by atoms with van der Waals surface area (Å²) in [5, 5.41) is 22.6. The number of ether oxygens (including phenoxy) is 2. The van der Waals surface area contributed by atoms with E-state index < -0.39 is 22.7 Å². The van der Waals surface area contributed by atoms with Crippen LogP contribution in [0.15, 0.2) is 66.5 Å². The lowest BCUT2D eigenvalue weighted by Gasteiger charge is -2.22. The van der Waals surface area contributed by atoms with Gasteiger partial charge in [-0.05, 0) is 35.9 Å². The van der Waals surface area contributed by atoms with Gasteiger partial charge in [0.25, 0.3) is 11.5 Å². The van der Waals surface area contributed by atoms with Gasteiger partial charge in [-0.25, -0.2) is 4.98 Å².